The number of hydrogen-bond acceptors (Lipinski definition) is 6. The van der Waals surface area contributed by atoms with Gasteiger partial charge in [0, 0.05) is 30.1 Å². The molecule has 8 heteroatoms. The van der Waals surface area contributed by atoms with Crippen molar-refractivity contribution in [3.63, 3.8) is 0 Å². The molecule has 136 valence electrons. The number of anilines is 1. The Balaban J connectivity index is 1.75. The van der Waals surface area contributed by atoms with Crippen molar-refractivity contribution in [1.82, 2.24) is 19.6 Å². The number of thiazole rings is 1. The lowest BCUT2D eigenvalue weighted by molar-refractivity contribution is -0.112. The van der Waals surface area contributed by atoms with E-state index in [9.17, 15) is 9.59 Å². The van der Waals surface area contributed by atoms with E-state index in [1.54, 1.807) is 29.4 Å². The Morgan fingerprint density at radius 1 is 1.14 bits per heavy atom. The standard InChI is InChI=1S/C20H13N5O2S/c1-2-10-24-14-8-4-3-7-13(14)15(18(24)26)16-19(27)25-20(28-16)22-17(23-25)12-6-5-9-21-11-12/h2-9,11H,1,10H2. The van der Waals surface area contributed by atoms with Gasteiger partial charge in [0.05, 0.1) is 11.3 Å². The van der Waals surface area contributed by atoms with Crippen molar-refractivity contribution in [3.8, 4) is 11.4 Å². The molecule has 0 saturated carbocycles. The van der Waals surface area contributed by atoms with Gasteiger partial charge in [0.25, 0.3) is 11.5 Å². The molecular weight excluding hydrogens is 374 g/mol. The zero-order valence-corrected chi connectivity index (χ0v) is 15.4. The number of pyridine rings is 1. The van der Waals surface area contributed by atoms with Crippen LogP contribution < -0.4 is 15.0 Å². The number of nitrogens with zero attached hydrogens (tertiary/aromatic N) is 5. The molecule has 7 nitrogen and oxygen atoms in total. The molecule has 0 N–H and O–H groups in total. The molecule has 1 aromatic carbocycles. The first kappa shape index (κ1) is 16.5. The molecule has 4 aromatic rings. The van der Waals surface area contributed by atoms with Gasteiger partial charge in [-0.3, -0.25) is 14.6 Å². The lowest BCUT2D eigenvalue weighted by Gasteiger charge is -2.13. The third-order valence-electron chi connectivity index (χ3n) is 4.54. The summed E-state index contributed by atoms with van der Waals surface area (Å²) in [4.78, 5) is 36.6. The topological polar surface area (TPSA) is 80.5 Å². The highest BCUT2D eigenvalue weighted by molar-refractivity contribution is 7.15. The van der Waals surface area contributed by atoms with Crippen LogP contribution in [0.5, 0.6) is 0 Å². The first-order valence-electron chi connectivity index (χ1n) is 8.55. The number of carbonyl (C=O) groups excluding carboxylic acids is 1. The molecule has 28 heavy (non-hydrogen) atoms. The Hall–Kier alpha value is -3.65. The molecular formula is C20H13N5O2S. The van der Waals surface area contributed by atoms with Crippen molar-refractivity contribution in [2.45, 2.75) is 0 Å². The summed E-state index contributed by atoms with van der Waals surface area (Å²) in [5.41, 5.74) is 2.29. The Kier molecular flexibility index (Phi) is 3.66. The normalized spacial score (nSPS) is 15.3. The number of carbonyl (C=O) groups is 1. The van der Waals surface area contributed by atoms with Gasteiger partial charge in [-0.15, -0.1) is 11.7 Å². The van der Waals surface area contributed by atoms with Crippen molar-refractivity contribution < 1.29 is 4.79 Å². The third kappa shape index (κ3) is 2.31. The van der Waals surface area contributed by atoms with Crippen molar-refractivity contribution >= 4 is 33.5 Å². The molecule has 1 amide bonds. The molecule has 0 atom stereocenters. The minimum absolute atomic E-state index is 0.213. The Morgan fingerprint density at radius 3 is 2.75 bits per heavy atom. The van der Waals surface area contributed by atoms with Crippen LogP contribution in [0.2, 0.25) is 0 Å². The number of fused-ring (bicyclic) bond motifs is 2. The fraction of sp³-hybridized carbons (Fsp3) is 0.0500. The van der Waals surface area contributed by atoms with E-state index in [-0.39, 0.29) is 11.5 Å². The van der Waals surface area contributed by atoms with E-state index in [1.807, 2.05) is 30.3 Å². The van der Waals surface area contributed by atoms with Crippen LogP contribution in [0.4, 0.5) is 5.69 Å². The highest BCUT2D eigenvalue weighted by atomic mass is 32.1. The van der Waals surface area contributed by atoms with Gasteiger partial charge in [-0.05, 0) is 18.2 Å². The number of para-hydroxylation sites is 1. The van der Waals surface area contributed by atoms with E-state index < -0.39 is 0 Å². The van der Waals surface area contributed by atoms with Crippen molar-refractivity contribution in [3.05, 3.63) is 81.9 Å². The number of hydrogen-bond donors (Lipinski definition) is 0. The van der Waals surface area contributed by atoms with E-state index in [0.29, 0.717) is 27.4 Å². The van der Waals surface area contributed by atoms with Crippen LogP contribution in [0.1, 0.15) is 5.56 Å². The van der Waals surface area contributed by atoms with E-state index in [1.165, 1.54) is 15.9 Å². The SMILES string of the molecule is C=CCN1C(=O)C(=c2sc3nc(-c4cccnc4)nn3c2=O)c2ccccc21. The van der Waals surface area contributed by atoms with Crippen LogP contribution in [0.15, 0.2) is 66.2 Å². The highest BCUT2D eigenvalue weighted by Gasteiger charge is 2.33. The van der Waals surface area contributed by atoms with Crippen LogP contribution >= 0.6 is 11.3 Å². The molecule has 3 aromatic heterocycles. The van der Waals surface area contributed by atoms with Crippen LogP contribution in [0, 0.1) is 0 Å². The number of benzene rings is 1. The molecule has 0 saturated heterocycles. The summed E-state index contributed by atoms with van der Waals surface area (Å²) >= 11 is 1.17. The fourth-order valence-electron chi connectivity index (χ4n) is 3.31. The lowest BCUT2D eigenvalue weighted by atomic mass is 10.1. The minimum atomic E-state index is -0.346. The molecule has 1 aliphatic rings. The van der Waals surface area contributed by atoms with Gasteiger partial charge in [-0.25, -0.2) is 0 Å². The lowest BCUT2D eigenvalue weighted by Crippen LogP contribution is -2.32. The average molecular weight is 387 g/mol. The Morgan fingerprint density at radius 2 is 2.00 bits per heavy atom. The van der Waals surface area contributed by atoms with Gasteiger partial charge < -0.3 is 4.90 Å². The predicted molar refractivity (Wildman–Crippen MR) is 107 cm³/mol. The molecule has 5 rings (SSSR count). The van der Waals surface area contributed by atoms with Gasteiger partial charge in [-0.2, -0.15) is 9.50 Å². The van der Waals surface area contributed by atoms with Crippen molar-refractivity contribution in [1.29, 1.82) is 0 Å². The predicted octanol–water partition coefficient (Wildman–Crippen LogP) is 1.66. The van der Waals surface area contributed by atoms with Crippen LogP contribution in [0.25, 0.3) is 21.9 Å². The summed E-state index contributed by atoms with van der Waals surface area (Å²) in [6.07, 6.45) is 4.97. The summed E-state index contributed by atoms with van der Waals surface area (Å²) in [5.74, 6) is 0.217. The van der Waals surface area contributed by atoms with Gasteiger partial charge in [-0.1, -0.05) is 35.6 Å². The maximum Gasteiger partial charge on any atom is 0.291 e. The van der Waals surface area contributed by atoms with Gasteiger partial charge in [0.15, 0.2) is 5.82 Å². The Bertz CT molecular complexity index is 1360. The number of aromatic nitrogens is 4. The van der Waals surface area contributed by atoms with E-state index >= 15 is 0 Å². The molecule has 1 aliphatic heterocycles. The maximum atomic E-state index is 13.0. The van der Waals surface area contributed by atoms with E-state index in [4.69, 9.17) is 0 Å². The Labute approximate surface area is 162 Å². The second kappa shape index (κ2) is 6.21. The van der Waals surface area contributed by atoms with Crippen LogP contribution in [-0.2, 0) is 4.79 Å². The van der Waals surface area contributed by atoms with E-state index in [0.717, 1.165) is 16.8 Å². The summed E-state index contributed by atoms with van der Waals surface area (Å²) < 4.78 is 1.60. The fourth-order valence-corrected chi connectivity index (χ4v) is 4.31. The summed E-state index contributed by atoms with van der Waals surface area (Å²) in [5, 5.41) is 4.32. The smallest absolute Gasteiger partial charge is 0.291 e. The average Bonchev–Trinajstić information content (AvgIpc) is 3.35. The van der Waals surface area contributed by atoms with Gasteiger partial charge in [0.1, 0.15) is 4.53 Å². The first-order valence-corrected chi connectivity index (χ1v) is 9.37. The first-order chi connectivity index (χ1) is 13.7. The van der Waals surface area contributed by atoms with Gasteiger partial charge >= 0.3 is 0 Å². The molecule has 0 fully saturated rings. The summed E-state index contributed by atoms with van der Waals surface area (Å²) in [6, 6.07) is 11.0. The second-order valence-corrected chi connectivity index (χ2v) is 7.18. The summed E-state index contributed by atoms with van der Waals surface area (Å²) in [6.45, 7) is 4.09. The van der Waals surface area contributed by atoms with Crippen molar-refractivity contribution in [2.24, 2.45) is 0 Å². The summed E-state index contributed by atoms with van der Waals surface area (Å²) in [7, 11) is 0. The second-order valence-electron chi connectivity index (χ2n) is 6.20. The van der Waals surface area contributed by atoms with Crippen LogP contribution in [-0.4, -0.2) is 32.0 Å². The molecule has 0 unspecified atom stereocenters. The van der Waals surface area contributed by atoms with Crippen LogP contribution in [0.3, 0.4) is 0 Å². The molecule has 0 radical (unpaired) electrons. The van der Waals surface area contributed by atoms with Gasteiger partial charge in [0.2, 0.25) is 4.96 Å². The monoisotopic (exact) mass is 387 g/mol. The van der Waals surface area contributed by atoms with E-state index in [2.05, 4.69) is 21.6 Å². The zero-order chi connectivity index (χ0) is 19.3. The number of amides is 1. The maximum absolute atomic E-state index is 13.0. The quantitative estimate of drug-likeness (QED) is 0.500. The number of rotatable bonds is 3. The van der Waals surface area contributed by atoms with Crippen molar-refractivity contribution in [2.75, 3.05) is 11.4 Å². The minimum Gasteiger partial charge on any atom is -0.304 e. The molecule has 0 bridgehead atoms. The highest BCUT2D eigenvalue weighted by Crippen LogP contribution is 2.35. The third-order valence-corrected chi connectivity index (χ3v) is 5.57. The zero-order valence-electron chi connectivity index (χ0n) is 14.6. The molecule has 0 spiro atoms. The molecule has 4 heterocycles. The largest absolute Gasteiger partial charge is 0.304 e. The molecule has 0 aliphatic carbocycles.